The number of methoxy groups -OCH3 is 1. The standard InChI is InChI=1S/C16H14FN3O3S/c1-23-11-5-6-13(17)15(8-11)20-24(21,22)12-9-16(19-10-12)14-4-2-3-7-18-14/h2-10,19-20H,1H3. The zero-order valence-corrected chi connectivity index (χ0v) is 13.5. The Kier molecular flexibility index (Phi) is 4.22. The summed E-state index contributed by atoms with van der Waals surface area (Å²) in [5.74, 6) is -0.350. The van der Waals surface area contributed by atoms with Crippen LogP contribution in [0.15, 0.2) is 59.8 Å². The number of aromatic nitrogens is 2. The lowest BCUT2D eigenvalue weighted by Gasteiger charge is -2.09. The predicted octanol–water partition coefficient (Wildman–Crippen LogP) is 3.03. The van der Waals surface area contributed by atoms with Gasteiger partial charge in [0.25, 0.3) is 10.0 Å². The monoisotopic (exact) mass is 347 g/mol. The summed E-state index contributed by atoms with van der Waals surface area (Å²) in [7, 11) is -2.54. The molecule has 0 unspecified atom stereocenters. The van der Waals surface area contributed by atoms with Gasteiger partial charge in [0.05, 0.1) is 24.2 Å². The summed E-state index contributed by atoms with van der Waals surface area (Å²) in [6, 6.07) is 10.5. The molecule has 2 N–H and O–H groups in total. The topological polar surface area (TPSA) is 84.1 Å². The molecule has 2 heterocycles. The number of nitrogens with zero attached hydrogens (tertiary/aromatic N) is 1. The molecule has 0 amide bonds. The van der Waals surface area contributed by atoms with Crippen LogP contribution < -0.4 is 9.46 Å². The summed E-state index contributed by atoms with van der Waals surface area (Å²) in [6.45, 7) is 0. The molecule has 0 bridgehead atoms. The normalized spacial score (nSPS) is 11.2. The van der Waals surface area contributed by atoms with Gasteiger partial charge in [-0.3, -0.25) is 9.71 Å². The second kappa shape index (κ2) is 6.32. The average Bonchev–Trinajstić information content (AvgIpc) is 3.08. The molecule has 0 spiro atoms. The fourth-order valence-electron chi connectivity index (χ4n) is 2.11. The number of H-pyrrole nitrogens is 1. The maximum atomic E-state index is 13.8. The molecule has 0 aliphatic rings. The summed E-state index contributed by atoms with van der Waals surface area (Å²) < 4.78 is 45.9. The molecule has 6 nitrogen and oxygen atoms in total. The quantitative estimate of drug-likeness (QED) is 0.743. The van der Waals surface area contributed by atoms with E-state index < -0.39 is 15.8 Å². The second-order valence-corrected chi connectivity index (χ2v) is 6.60. The highest BCUT2D eigenvalue weighted by atomic mass is 32.2. The van der Waals surface area contributed by atoms with E-state index in [1.54, 1.807) is 24.4 Å². The van der Waals surface area contributed by atoms with E-state index in [4.69, 9.17) is 4.74 Å². The molecule has 24 heavy (non-hydrogen) atoms. The molecule has 2 aromatic heterocycles. The van der Waals surface area contributed by atoms with E-state index in [-0.39, 0.29) is 10.6 Å². The van der Waals surface area contributed by atoms with Gasteiger partial charge in [-0.2, -0.15) is 0 Å². The molecule has 3 aromatic rings. The maximum absolute atomic E-state index is 13.8. The van der Waals surface area contributed by atoms with Crippen molar-refractivity contribution in [3.63, 3.8) is 0 Å². The summed E-state index contributed by atoms with van der Waals surface area (Å²) >= 11 is 0. The highest BCUT2D eigenvalue weighted by Gasteiger charge is 2.19. The largest absolute Gasteiger partial charge is 0.497 e. The molecule has 0 saturated heterocycles. The minimum Gasteiger partial charge on any atom is -0.497 e. The lowest BCUT2D eigenvalue weighted by molar-refractivity contribution is 0.414. The van der Waals surface area contributed by atoms with E-state index in [0.29, 0.717) is 17.1 Å². The first-order valence-electron chi connectivity index (χ1n) is 6.96. The Morgan fingerprint density at radius 1 is 1.21 bits per heavy atom. The Hall–Kier alpha value is -2.87. The predicted molar refractivity (Wildman–Crippen MR) is 87.8 cm³/mol. The number of rotatable bonds is 5. The van der Waals surface area contributed by atoms with E-state index in [2.05, 4.69) is 14.7 Å². The smallest absolute Gasteiger partial charge is 0.263 e. The van der Waals surface area contributed by atoms with Crippen molar-refractivity contribution in [2.45, 2.75) is 4.90 Å². The Balaban J connectivity index is 1.91. The van der Waals surface area contributed by atoms with Gasteiger partial charge < -0.3 is 9.72 Å². The lowest BCUT2D eigenvalue weighted by Crippen LogP contribution is -2.13. The fourth-order valence-corrected chi connectivity index (χ4v) is 3.16. The van der Waals surface area contributed by atoms with Crippen molar-refractivity contribution in [1.82, 2.24) is 9.97 Å². The molecule has 3 rings (SSSR count). The number of hydrogen-bond donors (Lipinski definition) is 2. The molecule has 124 valence electrons. The van der Waals surface area contributed by atoms with Crippen LogP contribution in [0.1, 0.15) is 0 Å². The van der Waals surface area contributed by atoms with Crippen molar-refractivity contribution in [2.75, 3.05) is 11.8 Å². The van der Waals surface area contributed by atoms with Crippen LogP contribution in [0.2, 0.25) is 0 Å². The summed E-state index contributed by atoms with van der Waals surface area (Å²) in [4.78, 5) is 6.97. The van der Waals surface area contributed by atoms with Gasteiger partial charge in [-0.25, -0.2) is 12.8 Å². The molecular formula is C16H14FN3O3S. The third-order valence-electron chi connectivity index (χ3n) is 3.33. The van der Waals surface area contributed by atoms with Crippen molar-refractivity contribution in [3.05, 3.63) is 60.7 Å². The molecule has 0 radical (unpaired) electrons. The molecule has 1 aromatic carbocycles. The van der Waals surface area contributed by atoms with Crippen LogP contribution in [0, 0.1) is 5.82 Å². The van der Waals surface area contributed by atoms with E-state index in [1.165, 1.54) is 31.5 Å². The molecular weight excluding hydrogens is 333 g/mol. The lowest BCUT2D eigenvalue weighted by atomic mass is 10.3. The van der Waals surface area contributed by atoms with Gasteiger partial charge in [0.1, 0.15) is 16.5 Å². The number of aromatic amines is 1. The van der Waals surface area contributed by atoms with Crippen LogP contribution in [0.5, 0.6) is 5.75 Å². The highest BCUT2D eigenvalue weighted by molar-refractivity contribution is 7.92. The number of ether oxygens (including phenoxy) is 1. The van der Waals surface area contributed by atoms with Crippen molar-refractivity contribution in [1.29, 1.82) is 0 Å². The first-order chi connectivity index (χ1) is 11.5. The number of hydrogen-bond acceptors (Lipinski definition) is 4. The van der Waals surface area contributed by atoms with Crippen LogP contribution in [0.25, 0.3) is 11.4 Å². The van der Waals surface area contributed by atoms with Crippen molar-refractivity contribution in [2.24, 2.45) is 0 Å². The number of anilines is 1. The maximum Gasteiger partial charge on any atom is 0.263 e. The first kappa shape index (κ1) is 16.0. The van der Waals surface area contributed by atoms with Crippen LogP contribution in [0.4, 0.5) is 10.1 Å². The van der Waals surface area contributed by atoms with Crippen LogP contribution in [-0.2, 0) is 10.0 Å². The van der Waals surface area contributed by atoms with Crippen molar-refractivity contribution >= 4 is 15.7 Å². The fraction of sp³-hybridized carbons (Fsp3) is 0.0625. The first-order valence-corrected chi connectivity index (χ1v) is 8.44. The van der Waals surface area contributed by atoms with E-state index in [0.717, 1.165) is 6.07 Å². The van der Waals surface area contributed by atoms with E-state index >= 15 is 0 Å². The van der Waals surface area contributed by atoms with Gasteiger partial charge in [0, 0.05) is 18.5 Å². The number of pyridine rings is 1. The van der Waals surface area contributed by atoms with E-state index in [9.17, 15) is 12.8 Å². The molecule has 0 atom stereocenters. The molecule has 0 aliphatic carbocycles. The number of nitrogens with one attached hydrogen (secondary N) is 2. The summed E-state index contributed by atoms with van der Waals surface area (Å²) in [6.07, 6.45) is 2.93. The van der Waals surface area contributed by atoms with Gasteiger partial charge >= 0.3 is 0 Å². The van der Waals surface area contributed by atoms with Crippen LogP contribution in [-0.4, -0.2) is 25.5 Å². The molecule has 0 fully saturated rings. The minimum absolute atomic E-state index is 0.0228. The van der Waals surface area contributed by atoms with Crippen LogP contribution >= 0.6 is 0 Å². The zero-order chi connectivity index (χ0) is 17.2. The molecule has 0 aliphatic heterocycles. The molecule has 0 saturated carbocycles. The second-order valence-electron chi connectivity index (χ2n) is 4.92. The Labute approximate surface area is 138 Å². The third kappa shape index (κ3) is 3.23. The van der Waals surface area contributed by atoms with Crippen LogP contribution in [0.3, 0.4) is 0 Å². The average molecular weight is 347 g/mol. The number of sulfonamides is 1. The SMILES string of the molecule is COc1ccc(F)c(NS(=O)(=O)c2c[nH]c(-c3ccccn3)c2)c1. The van der Waals surface area contributed by atoms with Crippen molar-refractivity contribution < 1.29 is 17.5 Å². The van der Waals surface area contributed by atoms with Gasteiger partial charge in [-0.15, -0.1) is 0 Å². The summed E-state index contributed by atoms with van der Waals surface area (Å²) in [5.41, 5.74) is 0.962. The van der Waals surface area contributed by atoms with E-state index in [1.807, 2.05) is 0 Å². The Morgan fingerprint density at radius 2 is 2.04 bits per heavy atom. The number of benzene rings is 1. The number of halogens is 1. The minimum atomic E-state index is -3.95. The van der Waals surface area contributed by atoms with Gasteiger partial charge in [0.15, 0.2) is 0 Å². The van der Waals surface area contributed by atoms with Gasteiger partial charge in [-0.1, -0.05) is 6.07 Å². The van der Waals surface area contributed by atoms with Gasteiger partial charge in [-0.05, 0) is 30.3 Å². The highest BCUT2D eigenvalue weighted by Crippen LogP contribution is 2.25. The third-order valence-corrected chi connectivity index (χ3v) is 4.67. The Morgan fingerprint density at radius 3 is 2.75 bits per heavy atom. The molecule has 8 heteroatoms. The zero-order valence-electron chi connectivity index (χ0n) is 12.7. The summed E-state index contributed by atoms with van der Waals surface area (Å²) in [5, 5.41) is 0. The van der Waals surface area contributed by atoms with Crippen molar-refractivity contribution in [3.8, 4) is 17.1 Å². The Bertz CT molecular complexity index is 956. The van der Waals surface area contributed by atoms with Gasteiger partial charge in [0.2, 0.25) is 0 Å².